The van der Waals surface area contributed by atoms with E-state index in [1.165, 1.54) is 17.4 Å². The molecule has 1 aliphatic rings. The Balaban J connectivity index is 1.66. The number of aryl methyl sites for hydroxylation is 1. The number of anilines is 1. The first-order chi connectivity index (χ1) is 9.15. The molecule has 3 rings (SSSR count). The van der Waals surface area contributed by atoms with Crippen LogP contribution in [-0.2, 0) is 4.79 Å². The number of carbonyl (C=O) groups excluding carboxylic acids is 1. The Bertz CT molecular complexity index is 625. The second kappa shape index (κ2) is 4.74. The highest BCUT2D eigenvalue weighted by Gasteiger charge is 2.45. The van der Waals surface area contributed by atoms with E-state index in [1.54, 1.807) is 18.2 Å². The summed E-state index contributed by atoms with van der Waals surface area (Å²) in [5.74, 6) is -0.432. The molecule has 2 atom stereocenters. The third-order valence-corrected chi connectivity index (χ3v) is 4.16. The number of nitrogens with zero attached hydrogens (tertiary/aromatic N) is 1. The van der Waals surface area contributed by atoms with Gasteiger partial charge in [-0.25, -0.2) is 9.37 Å². The first-order valence-corrected chi connectivity index (χ1v) is 7.00. The van der Waals surface area contributed by atoms with Gasteiger partial charge in [0.1, 0.15) is 5.82 Å². The molecule has 1 heterocycles. The minimum absolute atomic E-state index is 0.00209. The Morgan fingerprint density at radius 3 is 2.95 bits per heavy atom. The Morgan fingerprint density at radius 2 is 2.26 bits per heavy atom. The lowest BCUT2D eigenvalue weighted by atomic mass is 10.1. The van der Waals surface area contributed by atoms with E-state index in [1.807, 2.05) is 12.3 Å². The van der Waals surface area contributed by atoms with Crippen LogP contribution in [0.25, 0.3) is 0 Å². The average molecular weight is 276 g/mol. The van der Waals surface area contributed by atoms with E-state index in [0.717, 1.165) is 5.69 Å². The number of rotatable bonds is 3. The molecule has 2 unspecified atom stereocenters. The number of aromatic nitrogens is 1. The van der Waals surface area contributed by atoms with Gasteiger partial charge in [0.15, 0.2) is 5.13 Å². The van der Waals surface area contributed by atoms with E-state index in [9.17, 15) is 9.18 Å². The summed E-state index contributed by atoms with van der Waals surface area (Å²) in [5, 5.41) is 5.29. The largest absolute Gasteiger partial charge is 0.302 e. The van der Waals surface area contributed by atoms with Crippen LogP contribution in [0.4, 0.5) is 9.52 Å². The first kappa shape index (κ1) is 12.3. The fraction of sp³-hybridized carbons (Fsp3) is 0.286. The van der Waals surface area contributed by atoms with Gasteiger partial charge in [-0.3, -0.25) is 4.79 Å². The van der Waals surface area contributed by atoms with Crippen LogP contribution in [0, 0.1) is 18.7 Å². The highest BCUT2D eigenvalue weighted by Crippen LogP contribution is 2.48. The number of nitrogens with one attached hydrogen (secondary N) is 1. The van der Waals surface area contributed by atoms with Gasteiger partial charge < -0.3 is 5.32 Å². The lowest BCUT2D eigenvalue weighted by Crippen LogP contribution is -2.14. The van der Waals surface area contributed by atoms with Gasteiger partial charge in [-0.1, -0.05) is 18.2 Å². The van der Waals surface area contributed by atoms with Crippen molar-refractivity contribution < 1.29 is 9.18 Å². The van der Waals surface area contributed by atoms with Gasteiger partial charge in [-0.15, -0.1) is 11.3 Å². The van der Waals surface area contributed by atoms with Crippen LogP contribution in [0.5, 0.6) is 0 Å². The Kier molecular flexibility index (Phi) is 3.06. The normalized spacial score (nSPS) is 21.2. The molecule has 0 radical (unpaired) electrons. The number of hydrogen-bond acceptors (Lipinski definition) is 3. The maximum absolute atomic E-state index is 13.6. The molecule has 98 valence electrons. The smallest absolute Gasteiger partial charge is 0.229 e. The maximum Gasteiger partial charge on any atom is 0.229 e. The summed E-state index contributed by atoms with van der Waals surface area (Å²) in [6.45, 7) is 1.88. The molecule has 5 heteroatoms. The molecule has 1 amide bonds. The zero-order chi connectivity index (χ0) is 13.4. The van der Waals surface area contributed by atoms with Crippen molar-refractivity contribution in [1.29, 1.82) is 0 Å². The zero-order valence-corrected chi connectivity index (χ0v) is 11.2. The van der Waals surface area contributed by atoms with Crippen LogP contribution in [0.1, 0.15) is 23.6 Å². The fourth-order valence-corrected chi connectivity index (χ4v) is 2.90. The number of hydrogen-bond donors (Lipinski definition) is 1. The van der Waals surface area contributed by atoms with Crippen LogP contribution in [0.15, 0.2) is 29.6 Å². The average Bonchev–Trinajstić information content (AvgIpc) is 3.08. The molecule has 1 fully saturated rings. The van der Waals surface area contributed by atoms with E-state index in [4.69, 9.17) is 0 Å². The SMILES string of the molecule is Cc1csc(NC(=O)C2CC2c2ccccc2F)n1. The van der Waals surface area contributed by atoms with Gasteiger partial charge in [0.05, 0.1) is 5.69 Å². The van der Waals surface area contributed by atoms with E-state index in [0.29, 0.717) is 17.1 Å². The third kappa shape index (κ3) is 2.51. The van der Waals surface area contributed by atoms with Crippen molar-refractivity contribution in [2.75, 3.05) is 5.32 Å². The van der Waals surface area contributed by atoms with Crippen molar-refractivity contribution in [3.05, 3.63) is 46.7 Å². The highest BCUT2D eigenvalue weighted by molar-refractivity contribution is 7.13. The van der Waals surface area contributed by atoms with Gasteiger partial charge in [0.25, 0.3) is 0 Å². The Morgan fingerprint density at radius 1 is 1.47 bits per heavy atom. The molecular formula is C14H13FN2OS. The van der Waals surface area contributed by atoms with Gasteiger partial charge in [0, 0.05) is 11.3 Å². The monoisotopic (exact) mass is 276 g/mol. The van der Waals surface area contributed by atoms with Gasteiger partial charge in [-0.2, -0.15) is 0 Å². The van der Waals surface area contributed by atoms with Crippen molar-refractivity contribution in [2.24, 2.45) is 5.92 Å². The minimum Gasteiger partial charge on any atom is -0.302 e. The van der Waals surface area contributed by atoms with Crippen molar-refractivity contribution in [2.45, 2.75) is 19.3 Å². The standard InChI is InChI=1S/C14H13FN2OS/c1-8-7-19-14(16-8)17-13(18)11-6-10(11)9-4-2-3-5-12(9)15/h2-5,7,10-11H,6H2,1H3,(H,16,17,18). The van der Waals surface area contributed by atoms with Gasteiger partial charge >= 0.3 is 0 Å². The third-order valence-electron chi connectivity index (χ3n) is 3.28. The Hall–Kier alpha value is -1.75. The maximum atomic E-state index is 13.6. The molecule has 0 bridgehead atoms. The Labute approximate surface area is 114 Å². The van der Waals surface area contributed by atoms with Crippen LogP contribution >= 0.6 is 11.3 Å². The fourth-order valence-electron chi connectivity index (χ4n) is 2.21. The molecular weight excluding hydrogens is 263 g/mol. The summed E-state index contributed by atoms with van der Waals surface area (Å²) in [5.41, 5.74) is 1.53. The molecule has 1 saturated carbocycles. The highest BCUT2D eigenvalue weighted by atomic mass is 32.1. The predicted molar refractivity (Wildman–Crippen MR) is 72.7 cm³/mol. The number of amides is 1. The summed E-state index contributed by atoms with van der Waals surface area (Å²) in [4.78, 5) is 16.2. The number of thiazole rings is 1. The van der Waals surface area contributed by atoms with Crippen molar-refractivity contribution in [3.8, 4) is 0 Å². The first-order valence-electron chi connectivity index (χ1n) is 6.12. The summed E-state index contributed by atoms with van der Waals surface area (Å²) >= 11 is 1.41. The lowest BCUT2D eigenvalue weighted by molar-refractivity contribution is -0.117. The minimum atomic E-state index is -0.229. The second-order valence-corrected chi connectivity index (χ2v) is 5.61. The molecule has 1 aliphatic carbocycles. The van der Waals surface area contributed by atoms with Crippen molar-refractivity contribution in [1.82, 2.24) is 4.98 Å². The quantitative estimate of drug-likeness (QED) is 0.934. The summed E-state index contributed by atoms with van der Waals surface area (Å²) in [6.07, 6.45) is 0.705. The molecule has 0 saturated heterocycles. The molecule has 2 aromatic rings. The van der Waals surface area contributed by atoms with Crippen LogP contribution < -0.4 is 5.32 Å². The van der Waals surface area contributed by atoms with Crippen molar-refractivity contribution in [3.63, 3.8) is 0 Å². The van der Waals surface area contributed by atoms with E-state index in [2.05, 4.69) is 10.3 Å². The topological polar surface area (TPSA) is 42.0 Å². The molecule has 3 nitrogen and oxygen atoms in total. The predicted octanol–water partition coefficient (Wildman–Crippen LogP) is 3.33. The molecule has 0 aliphatic heterocycles. The molecule has 19 heavy (non-hydrogen) atoms. The second-order valence-electron chi connectivity index (χ2n) is 4.75. The van der Waals surface area contributed by atoms with Crippen LogP contribution in [-0.4, -0.2) is 10.9 Å². The summed E-state index contributed by atoms with van der Waals surface area (Å²) in [7, 11) is 0. The van der Waals surface area contributed by atoms with Crippen molar-refractivity contribution >= 4 is 22.4 Å². The number of halogens is 1. The van der Waals surface area contributed by atoms with Gasteiger partial charge in [0.2, 0.25) is 5.91 Å². The van der Waals surface area contributed by atoms with Gasteiger partial charge in [-0.05, 0) is 30.9 Å². The zero-order valence-electron chi connectivity index (χ0n) is 10.4. The van der Waals surface area contributed by atoms with E-state index < -0.39 is 0 Å². The summed E-state index contributed by atoms with van der Waals surface area (Å²) in [6, 6.07) is 6.65. The summed E-state index contributed by atoms with van der Waals surface area (Å²) < 4.78 is 13.6. The molecule has 0 spiro atoms. The van der Waals surface area contributed by atoms with E-state index >= 15 is 0 Å². The molecule has 1 N–H and O–H groups in total. The van der Waals surface area contributed by atoms with Crippen LogP contribution in [0.2, 0.25) is 0 Å². The molecule has 1 aromatic heterocycles. The van der Waals surface area contributed by atoms with E-state index in [-0.39, 0.29) is 23.6 Å². The molecule has 1 aromatic carbocycles. The number of benzene rings is 1. The lowest BCUT2D eigenvalue weighted by Gasteiger charge is -2.02. The van der Waals surface area contributed by atoms with Crippen LogP contribution in [0.3, 0.4) is 0 Å². The number of carbonyl (C=O) groups is 1.